The zero-order chi connectivity index (χ0) is 37.3. The summed E-state index contributed by atoms with van der Waals surface area (Å²) in [5, 5.41) is 2.52. The molecule has 1 aromatic heterocycles. The van der Waals surface area contributed by atoms with E-state index in [2.05, 4.69) is 228 Å². The molecule has 56 heavy (non-hydrogen) atoms. The molecule has 262 valence electrons. The topological polar surface area (TPSA) is 8.17 Å². The van der Waals surface area contributed by atoms with Crippen LogP contribution in [0.25, 0.3) is 72.0 Å². The lowest BCUT2D eigenvalue weighted by Gasteiger charge is -2.26. The molecule has 0 atom stereocenters. The van der Waals surface area contributed by atoms with E-state index in [1.54, 1.807) is 0 Å². The van der Waals surface area contributed by atoms with Crippen LogP contribution in [-0.2, 0) is 0 Å². The van der Waals surface area contributed by atoms with E-state index < -0.39 is 0 Å². The zero-order valence-electron chi connectivity index (χ0n) is 30.7. The average molecular weight is 713 g/mol. The summed E-state index contributed by atoms with van der Waals surface area (Å²) < 4.78 is 2.36. The molecular formula is C54H36N2. The predicted molar refractivity (Wildman–Crippen MR) is 235 cm³/mol. The third-order valence-corrected chi connectivity index (χ3v) is 10.7. The first-order valence-electron chi connectivity index (χ1n) is 19.0. The van der Waals surface area contributed by atoms with Crippen LogP contribution in [0.5, 0.6) is 0 Å². The number of nitrogens with zero attached hydrogens (tertiary/aromatic N) is 2. The summed E-state index contributed by atoms with van der Waals surface area (Å²) in [6, 6.07) is 84.1. The van der Waals surface area contributed by atoms with Crippen LogP contribution < -0.4 is 4.90 Å². The van der Waals surface area contributed by atoms with Crippen LogP contribution in [0, 0.1) is 12.1 Å². The van der Waals surface area contributed by atoms with Gasteiger partial charge in [0.25, 0.3) is 0 Å². The maximum Gasteiger partial charge on any atom is 0.0541 e. The Morgan fingerprint density at radius 1 is 0.321 bits per heavy atom. The van der Waals surface area contributed by atoms with E-state index >= 15 is 0 Å². The normalized spacial score (nSPS) is 11.1. The van der Waals surface area contributed by atoms with E-state index in [1.165, 1.54) is 60.9 Å². The molecule has 0 aliphatic rings. The molecular weight excluding hydrogens is 677 g/mol. The fourth-order valence-corrected chi connectivity index (χ4v) is 7.88. The van der Waals surface area contributed by atoms with Crippen molar-refractivity contribution in [3.05, 3.63) is 231 Å². The van der Waals surface area contributed by atoms with Crippen molar-refractivity contribution in [1.29, 1.82) is 0 Å². The van der Waals surface area contributed by atoms with Crippen molar-refractivity contribution in [2.75, 3.05) is 4.90 Å². The third-order valence-electron chi connectivity index (χ3n) is 10.7. The van der Waals surface area contributed by atoms with Crippen molar-refractivity contribution < 1.29 is 0 Å². The standard InChI is InChI=1S/C54H36N2/c1-4-12-39(13-5-1)42-24-31-48(32-25-42)55(49-33-26-43(27-34-49)40-14-6-2-7-15-40)50-35-28-44(29-36-50)41-20-22-45(23-21-41)46-30-37-54-52(38-46)51-18-10-11-19-53(51)56(54)47-16-8-3-9-17-47/h1,3-6,8-38H. The lowest BCUT2D eigenvalue weighted by Crippen LogP contribution is -2.09. The largest absolute Gasteiger partial charge is 0.311 e. The summed E-state index contributed by atoms with van der Waals surface area (Å²) in [7, 11) is 0. The zero-order valence-corrected chi connectivity index (χ0v) is 30.7. The number of anilines is 3. The van der Waals surface area contributed by atoms with Gasteiger partial charge in [-0.3, -0.25) is 0 Å². The van der Waals surface area contributed by atoms with Crippen molar-refractivity contribution in [2.24, 2.45) is 0 Å². The predicted octanol–water partition coefficient (Wildman–Crippen LogP) is 14.5. The Labute approximate surface area is 327 Å². The first-order chi connectivity index (χ1) is 27.8. The van der Waals surface area contributed by atoms with Gasteiger partial charge in [-0.1, -0.05) is 146 Å². The van der Waals surface area contributed by atoms with Crippen LogP contribution >= 0.6 is 0 Å². The van der Waals surface area contributed by atoms with Crippen LogP contribution in [0.2, 0.25) is 0 Å². The second-order valence-electron chi connectivity index (χ2n) is 14.1. The Morgan fingerprint density at radius 2 is 0.768 bits per heavy atom. The third kappa shape index (κ3) is 6.18. The van der Waals surface area contributed by atoms with Gasteiger partial charge in [0.15, 0.2) is 0 Å². The number of rotatable bonds is 8. The maximum absolute atomic E-state index is 3.08. The van der Waals surface area contributed by atoms with Crippen molar-refractivity contribution >= 4 is 38.9 Å². The SMILES string of the molecule is c1ccc(-c2ccc(N(c3ccc(-c4ccccc4)cc3)c3ccc(-c4ccc(-c5ccc6c(c5)c5ccccc5n6-c5ccccc5)cc4)cc3)cc2)cc#1. The van der Waals surface area contributed by atoms with E-state index in [4.69, 9.17) is 0 Å². The summed E-state index contributed by atoms with van der Waals surface area (Å²) in [5.41, 5.74) is 16.3. The molecule has 0 fully saturated rings. The molecule has 0 saturated heterocycles. The Balaban J connectivity index is 0.959. The number of hydrogen-bond donors (Lipinski definition) is 0. The highest BCUT2D eigenvalue weighted by Gasteiger charge is 2.15. The van der Waals surface area contributed by atoms with Gasteiger partial charge < -0.3 is 9.47 Å². The Hall–Kier alpha value is -7.60. The van der Waals surface area contributed by atoms with Crippen molar-refractivity contribution in [1.82, 2.24) is 4.57 Å². The summed E-state index contributed by atoms with van der Waals surface area (Å²) in [6.45, 7) is 0. The molecule has 10 rings (SSSR count). The van der Waals surface area contributed by atoms with Crippen LogP contribution in [0.3, 0.4) is 0 Å². The minimum Gasteiger partial charge on any atom is -0.311 e. The molecule has 0 unspecified atom stereocenters. The molecule has 0 aliphatic heterocycles. The van der Waals surface area contributed by atoms with Gasteiger partial charge >= 0.3 is 0 Å². The van der Waals surface area contributed by atoms with Gasteiger partial charge in [0, 0.05) is 33.5 Å². The Kier molecular flexibility index (Phi) is 8.44. The van der Waals surface area contributed by atoms with Crippen molar-refractivity contribution in [3.8, 4) is 50.2 Å². The molecule has 0 N–H and O–H groups in total. The number of para-hydroxylation sites is 2. The van der Waals surface area contributed by atoms with Crippen molar-refractivity contribution in [3.63, 3.8) is 0 Å². The highest BCUT2D eigenvalue weighted by molar-refractivity contribution is 6.10. The van der Waals surface area contributed by atoms with E-state index in [0.29, 0.717) is 0 Å². The minimum atomic E-state index is 1.09. The highest BCUT2D eigenvalue weighted by Crippen LogP contribution is 2.39. The molecule has 0 aliphatic carbocycles. The lowest BCUT2D eigenvalue weighted by atomic mass is 9.98. The molecule has 10 aromatic rings. The molecule has 0 amide bonds. The molecule has 0 radical (unpaired) electrons. The molecule has 0 saturated carbocycles. The molecule has 1 heterocycles. The molecule has 0 bridgehead atoms. The highest BCUT2D eigenvalue weighted by atomic mass is 15.1. The number of hydrogen-bond acceptors (Lipinski definition) is 1. The van der Waals surface area contributed by atoms with E-state index in [9.17, 15) is 0 Å². The Bertz CT molecular complexity index is 2810. The van der Waals surface area contributed by atoms with Gasteiger partial charge in [-0.15, -0.1) is 0 Å². The van der Waals surface area contributed by atoms with E-state index in [1.807, 2.05) is 12.1 Å². The number of aromatic nitrogens is 1. The molecule has 9 aromatic carbocycles. The van der Waals surface area contributed by atoms with E-state index in [0.717, 1.165) is 28.2 Å². The quantitative estimate of drug-likeness (QED) is 0.152. The van der Waals surface area contributed by atoms with Gasteiger partial charge in [0.2, 0.25) is 0 Å². The van der Waals surface area contributed by atoms with E-state index in [-0.39, 0.29) is 0 Å². The second-order valence-corrected chi connectivity index (χ2v) is 14.1. The van der Waals surface area contributed by atoms with Crippen molar-refractivity contribution in [2.45, 2.75) is 0 Å². The van der Waals surface area contributed by atoms with Gasteiger partial charge in [0.1, 0.15) is 0 Å². The first kappa shape index (κ1) is 33.0. The van der Waals surface area contributed by atoms with Crippen LogP contribution in [0.4, 0.5) is 17.1 Å². The smallest absolute Gasteiger partial charge is 0.0541 e. The van der Waals surface area contributed by atoms with Gasteiger partial charge in [-0.2, -0.15) is 0 Å². The number of fused-ring (bicyclic) bond motifs is 3. The van der Waals surface area contributed by atoms with Crippen LogP contribution in [0.15, 0.2) is 218 Å². The van der Waals surface area contributed by atoms with Crippen LogP contribution in [-0.4, -0.2) is 4.57 Å². The fourth-order valence-electron chi connectivity index (χ4n) is 7.88. The summed E-state index contributed by atoms with van der Waals surface area (Å²) in [4.78, 5) is 2.32. The maximum atomic E-state index is 3.08. The monoisotopic (exact) mass is 712 g/mol. The van der Waals surface area contributed by atoms with Gasteiger partial charge in [-0.25, -0.2) is 0 Å². The molecule has 0 spiro atoms. The number of benzene rings is 8. The van der Waals surface area contributed by atoms with Gasteiger partial charge in [-0.05, 0) is 129 Å². The fraction of sp³-hybridized carbons (Fsp3) is 0. The lowest BCUT2D eigenvalue weighted by molar-refractivity contribution is 1.18. The molecule has 2 nitrogen and oxygen atoms in total. The van der Waals surface area contributed by atoms with Crippen LogP contribution in [0.1, 0.15) is 0 Å². The molecule has 2 heteroatoms. The van der Waals surface area contributed by atoms with Gasteiger partial charge in [0.05, 0.1) is 11.0 Å². The minimum absolute atomic E-state index is 1.09. The summed E-state index contributed by atoms with van der Waals surface area (Å²) >= 11 is 0. The summed E-state index contributed by atoms with van der Waals surface area (Å²) in [5.74, 6) is 0. The second kappa shape index (κ2) is 14.3. The average Bonchev–Trinajstić information content (AvgIpc) is 3.62. The summed E-state index contributed by atoms with van der Waals surface area (Å²) in [6.07, 6.45) is 0. The Morgan fingerprint density at radius 3 is 1.34 bits per heavy atom. The first-order valence-corrected chi connectivity index (χ1v) is 19.0.